The lowest BCUT2D eigenvalue weighted by atomic mass is 10.0. The molecule has 1 fully saturated rings. The van der Waals surface area contributed by atoms with E-state index < -0.39 is 41.7 Å². The number of amides is 1. The molecule has 1 saturated heterocycles. The molecule has 1 amide bonds. The van der Waals surface area contributed by atoms with Crippen molar-refractivity contribution in [3.63, 3.8) is 0 Å². The first-order valence-electron chi connectivity index (χ1n) is 12.2. The van der Waals surface area contributed by atoms with E-state index in [4.69, 9.17) is 18.7 Å². The molecule has 5 rings (SSSR count). The molecule has 1 aromatic heterocycles. The third kappa shape index (κ3) is 5.59. The van der Waals surface area contributed by atoms with Gasteiger partial charge in [-0.3, -0.25) is 5.32 Å². The summed E-state index contributed by atoms with van der Waals surface area (Å²) < 4.78 is 50.3. The topological polar surface area (TPSA) is 99.9 Å². The van der Waals surface area contributed by atoms with Gasteiger partial charge in [0, 0.05) is 12.0 Å². The third-order valence-electron chi connectivity index (χ3n) is 6.27. The van der Waals surface area contributed by atoms with Crippen molar-refractivity contribution >= 4 is 17.7 Å². The molecule has 2 atom stereocenters. The number of anilines is 1. The minimum atomic E-state index is -1.04. The maximum Gasteiger partial charge on any atom is 0.412 e. The standard InChI is InChI=1S/C29H24F2N2O6/c1-16-25(32-29(35)37-17(2)18-6-4-3-5-7-18)26(39-33-16)20-10-8-19(9-11-20)21-14-22(30)27(23(31)15-21)38-24-12-13-36-28(24)34/h3-11,14-15,17,24H,12-13H2,1-2H3,(H,32,35)/t17-,24?/m1/s1. The number of hydrogen-bond acceptors (Lipinski definition) is 7. The molecule has 39 heavy (non-hydrogen) atoms. The van der Waals surface area contributed by atoms with Gasteiger partial charge in [0.1, 0.15) is 17.5 Å². The Hall–Kier alpha value is -4.73. The summed E-state index contributed by atoms with van der Waals surface area (Å²) >= 11 is 0. The van der Waals surface area contributed by atoms with Gasteiger partial charge >= 0.3 is 12.1 Å². The van der Waals surface area contributed by atoms with Crippen LogP contribution >= 0.6 is 0 Å². The smallest absolute Gasteiger partial charge is 0.412 e. The Labute approximate surface area is 222 Å². The van der Waals surface area contributed by atoms with Crippen LogP contribution in [0, 0.1) is 18.6 Å². The highest BCUT2D eigenvalue weighted by atomic mass is 19.1. The summed E-state index contributed by atoms with van der Waals surface area (Å²) in [5.41, 5.74) is 3.00. The number of carbonyl (C=O) groups excluding carboxylic acids is 2. The number of ether oxygens (including phenoxy) is 3. The van der Waals surface area contributed by atoms with Gasteiger partial charge in [-0.05, 0) is 42.7 Å². The van der Waals surface area contributed by atoms with Crippen LogP contribution < -0.4 is 10.1 Å². The minimum Gasteiger partial charge on any atom is -0.472 e. The first-order chi connectivity index (χ1) is 18.8. The van der Waals surface area contributed by atoms with Gasteiger partial charge in [0.25, 0.3) is 0 Å². The molecule has 8 nitrogen and oxygen atoms in total. The fourth-order valence-corrected chi connectivity index (χ4v) is 4.18. The van der Waals surface area contributed by atoms with Crippen LogP contribution in [0.25, 0.3) is 22.5 Å². The third-order valence-corrected chi connectivity index (χ3v) is 6.27. The Morgan fingerprint density at radius 3 is 2.33 bits per heavy atom. The predicted molar refractivity (Wildman–Crippen MR) is 137 cm³/mol. The van der Waals surface area contributed by atoms with Crippen molar-refractivity contribution < 1.29 is 37.1 Å². The van der Waals surface area contributed by atoms with Gasteiger partial charge in [-0.15, -0.1) is 0 Å². The normalized spacial score (nSPS) is 15.5. The van der Waals surface area contributed by atoms with Crippen molar-refractivity contribution in [1.82, 2.24) is 5.16 Å². The Bertz CT molecular complexity index is 1480. The fraction of sp³-hybridized carbons (Fsp3) is 0.207. The van der Waals surface area contributed by atoms with E-state index in [1.165, 1.54) is 0 Å². The largest absolute Gasteiger partial charge is 0.472 e. The monoisotopic (exact) mass is 534 g/mol. The molecule has 0 spiro atoms. The van der Waals surface area contributed by atoms with Crippen LogP contribution in [0.1, 0.15) is 30.7 Å². The molecule has 200 valence electrons. The van der Waals surface area contributed by atoms with Gasteiger partial charge in [0.2, 0.25) is 0 Å². The first kappa shape index (κ1) is 25.9. The molecule has 0 radical (unpaired) electrons. The summed E-state index contributed by atoms with van der Waals surface area (Å²) in [7, 11) is 0. The summed E-state index contributed by atoms with van der Waals surface area (Å²) in [6.07, 6.45) is -1.96. The van der Waals surface area contributed by atoms with Gasteiger partial charge in [0.15, 0.2) is 29.2 Å². The SMILES string of the molecule is Cc1noc(-c2ccc(-c3cc(F)c(OC4CCOC4=O)c(F)c3)cc2)c1NC(=O)O[C@H](C)c1ccccc1. The molecule has 3 aromatic carbocycles. The molecular weight excluding hydrogens is 510 g/mol. The van der Waals surface area contributed by atoms with Gasteiger partial charge in [-0.1, -0.05) is 59.8 Å². The molecule has 2 heterocycles. The second-order valence-electron chi connectivity index (χ2n) is 8.96. The van der Waals surface area contributed by atoms with E-state index in [-0.39, 0.29) is 18.6 Å². The van der Waals surface area contributed by atoms with Crippen LogP contribution in [0.3, 0.4) is 0 Å². The van der Waals surface area contributed by atoms with Gasteiger partial charge < -0.3 is 18.7 Å². The number of esters is 1. The average molecular weight is 535 g/mol. The molecule has 1 unspecified atom stereocenters. The second kappa shape index (κ2) is 10.9. The zero-order valence-electron chi connectivity index (χ0n) is 21.1. The Morgan fingerprint density at radius 1 is 1.03 bits per heavy atom. The summed E-state index contributed by atoms with van der Waals surface area (Å²) in [5, 5.41) is 6.65. The summed E-state index contributed by atoms with van der Waals surface area (Å²) in [4.78, 5) is 24.2. The lowest BCUT2D eigenvalue weighted by Crippen LogP contribution is -2.22. The molecule has 1 N–H and O–H groups in total. The van der Waals surface area contributed by atoms with Crippen LogP contribution in [0.4, 0.5) is 19.3 Å². The molecule has 10 heteroatoms. The lowest BCUT2D eigenvalue weighted by Gasteiger charge is -2.14. The zero-order chi connectivity index (χ0) is 27.5. The van der Waals surface area contributed by atoms with Crippen LogP contribution in [0.15, 0.2) is 71.3 Å². The number of nitrogens with zero attached hydrogens (tertiary/aromatic N) is 1. The number of aryl methyl sites for hydroxylation is 1. The van der Waals surface area contributed by atoms with Crippen molar-refractivity contribution in [3.8, 4) is 28.2 Å². The number of nitrogens with one attached hydrogen (secondary N) is 1. The van der Waals surface area contributed by atoms with Crippen molar-refractivity contribution in [3.05, 3.63) is 89.6 Å². The van der Waals surface area contributed by atoms with E-state index in [1.807, 2.05) is 30.3 Å². The number of carbonyl (C=O) groups is 2. The molecule has 0 bridgehead atoms. The van der Waals surface area contributed by atoms with E-state index in [1.54, 1.807) is 38.1 Å². The van der Waals surface area contributed by atoms with Crippen LogP contribution in [0.5, 0.6) is 5.75 Å². The maximum absolute atomic E-state index is 14.7. The van der Waals surface area contributed by atoms with Crippen molar-refractivity contribution in [1.29, 1.82) is 0 Å². The van der Waals surface area contributed by atoms with E-state index in [0.29, 0.717) is 28.3 Å². The minimum absolute atomic E-state index is 0.146. The molecule has 0 saturated carbocycles. The van der Waals surface area contributed by atoms with E-state index >= 15 is 0 Å². The van der Waals surface area contributed by atoms with Crippen LogP contribution in [-0.2, 0) is 14.3 Å². The second-order valence-corrected chi connectivity index (χ2v) is 8.96. The number of rotatable bonds is 7. The number of benzene rings is 3. The quantitative estimate of drug-likeness (QED) is 0.267. The summed E-state index contributed by atoms with van der Waals surface area (Å²) in [6.45, 7) is 3.59. The number of cyclic esters (lactones) is 1. The lowest BCUT2D eigenvalue weighted by molar-refractivity contribution is -0.143. The van der Waals surface area contributed by atoms with Crippen LogP contribution in [-0.4, -0.2) is 29.9 Å². The van der Waals surface area contributed by atoms with Crippen molar-refractivity contribution in [2.75, 3.05) is 11.9 Å². The Morgan fingerprint density at radius 2 is 1.69 bits per heavy atom. The van der Waals surface area contributed by atoms with E-state index in [2.05, 4.69) is 10.5 Å². The van der Waals surface area contributed by atoms with Crippen LogP contribution in [0.2, 0.25) is 0 Å². The Kier molecular flexibility index (Phi) is 7.27. The highest BCUT2D eigenvalue weighted by molar-refractivity contribution is 5.91. The molecule has 1 aliphatic heterocycles. The Balaban J connectivity index is 1.31. The van der Waals surface area contributed by atoms with E-state index in [9.17, 15) is 18.4 Å². The average Bonchev–Trinajstić information content (AvgIpc) is 3.51. The highest BCUT2D eigenvalue weighted by Crippen LogP contribution is 2.35. The molecule has 1 aliphatic rings. The van der Waals surface area contributed by atoms with Crippen molar-refractivity contribution in [2.24, 2.45) is 0 Å². The summed E-state index contributed by atoms with van der Waals surface area (Å²) in [6, 6.07) is 18.2. The summed E-state index contributed by atoms with van der Waals surface area (Å²) in [5.74, 6) is -2.85. The van der Waals surface area contributed by atoms with Crippen molar-refractivity contribution in [2.45, 2.75) is 32.5 Å². The fourth-order valence-electron chi connectivity index (χ4n) is 4.18. The first-order valence-corrected chi connectivity index (χ1v) is 12.2. The molecular formula is C29H24F2N2O6. The van der Waals surface area contributed by atoms with Gasteiger partial charge in [-0.2, -0.15) is 0 Å². The number of aromatic nitrogens is 1. The zero-order valence-corrected chi connectivity index (χ0v) is 21.1. The van der Waals surface area contributed by atoms with Gasteiger partial charge in [0.05, 0.1) is 6.61 Å². The number of halogens is 2. The van der Waals surface area contributed by atoms with E-state index in [0.717, 1.165) is 17.7 Å². The molecule has 4 aromatic rings. The van der Waals surface area contributed by atoms with Gasteiger partial charge in [-0.25, -0.2) is 18.4 Å². The molecule has 0 aliphatic carbocycles. The highest BCUT2D eigenvalue weighted by Gasteiger charge is 2.30. The predicted octanol–water partition coefficient (Wildman–Crippen LogP) is 6.60. The maximum atomic E-state index is 14.7. The number of hydrogen-bond donors (Lipinski definition) is 1.